The summed E-state index contributed by atoms with van der Waals surface area (Å²) in [4.78, 5) is 37.0. The van der Waals surface area contributed by atoms with Gasteiger partial charge in [-0.05, 0) is 63.3 Å². The lowest BCUT2D eigenvalue weighted by atomic mass is 9.91. The molecule has 0 radical (unpaired) electrons. The topological polar surface area (TPSA) is 114 Å². The van der Waals surface area contributed by atoms with E-state index in [0.717, 1.165) is 24.1 Å². The van der Waals surface area contributed by atoms with Crippen molar-refractivity contribution in [2.45, 2.75) is 76.9 Å². The predicted octanol–water partition coefficient (Wildman–Crippen LogP) is 5.68. The normalized spacial score (nSPS) is 22.7. The fourth-order valence-corrected chi connectivity index (χ4v) is 7.03. The first-order valence-corrected chi connectivity index (χ1v) is 15.2. The zero-order chi connectivity index (χ0) is 31.9. The molecule has 1 aromatic carbocycles. The second-order valence-corrected chi connectivity index (χ2v) is 12.4. The molecule has 0 bridgehead atoms. The lowest BCUT2D eigenvalue weighted by Gasteiger charge is -2.44. The number of likely N-dealkylation sites (tertiary alicyclic amines) is 1. The van der Waals surface area contributed by atoms with Crippen molar-refractivity contribution < 1.29 is 32.6 Å². The number of esters is 1. The van der Waals surface area contributed by atoms with Gasteiger partial charge in [0.1, 0.15) is 11.3 Å². The molecule has 10 nitrogen and oxygen atoms in total. The van der Waals surface area contributed by atoms with Gasteiger partial charge in [0.25, 0.3) is 0 Å². The van der Waals surface area contributed by atoms with Crippen LogP contribution in [0.1, 0.15) is 56.8 Å². The van der Waals surface area contributed by atoms with Gasteiger partial charge in [0.05, 0.1) is 17.9 Å². The number of carbonyl (C=O) groups is 2. The average Bonchev–Trinajstić information content (AvgIpc) is 3.55. The number of hydrogen-bond acceptors (Lipinski definition) is 8. The Balaban J connectivity index is 1.31. The summed E-state index contributed by atoms with van der Waals surface area (Å²) in [6.45, 7) is 7.93. The van der Waals surface area contributed by atoms with Gasteiger partial charge in [-0.25, -0.2) is 24.2 Å². The molecule has 2 saturated heterocycles. The molecule has 4 heterocycles. The number of halogens is 5. The van der Waals surface area contributed by atoms with Crippen LogP contribution in [0.4, 0.5) is 19.0 Å². The van der Waals surface area contributed by atoms with E-state index < -0.39 is 24.2 Å². The fraction of sp³-hybridized carbons (Fsp3) is 0.552. The van der Waals surface area contributed by atoms with E-state index in [0.29, 0.717) is 53.1 Å². The Morgan fingerprint density at radius 1 is 1.20 bits per heavy atom. The molecule has 44 heavy (non-hydrogen) atoms. The van der Waals surface area contributed by atoms with Crippen molar-refractivity contribution in [2.75, 3.05) is 24.5 Å². The number of hydrogen-bond donors (Lipinski definition) is 1. The lowest BCUT2D eigenvalue weighted by molar-refractivity contribution is -0.208. The van der Waals surface area contributed by atoms with Crippen LogP contribution >= 0.6 is 23.2 Å². The largest absolute Gasteiger partial charge is 0.490 e. The second kappa shape index (κ2) is 12.7. The number of anilines is 1. The molecular weight excluding hydrogens is 624 g/mol. The summed E-state index contributed by atoms with van der Waals surface area (Å²) in [6, 6.07) is 4.86. The third-order valence-electron chi connectivity index (χ3n) is 8.61. The number of carboxylic acid groups (broad SMARTS) is 1. The molecule has 0 spiro atoms. The van der Waals surface area contributed by atoms with Crippen molar-refractivity contribution in [3.05, 3.63) is 45.7 Å². The quantitative estimate of drug-likeness (QED) is 0.306. The molecule has 0 aliphatic carbocycles. The maximum atomic E-state index is 12.7. The lowest BCUT2D eigenvalue weighted by Crippen LogP contribution is -2.52. The first-order valence-electron chi connectivity index (χ1n) is 14.4. The molecule has 0 amide bonds. The standard InChI is InChI=1S/C29H33Cl2F3N6O4/c1-15-14-38(10-8-22(15)39-9-4-5-19(39)12-23(27(41)42)44-28(43)29(32,33)34)24-13-35-25-16(2)37-40(26(25)36-24)17(3)20-7-6-18(30)11-21(20)31/h6-7,11,13,15,17,19,22-23H,4-5,8-10,12,14H2,1-3H3,(H,41,42)/t15?,17-,19+,22?,23?/m1/s1. The number of aliphatic carboxylic acids is 1. The number of ether oxygens (including phenoxy) is 1. The van der Waals surface area contributed by atoms with Crippen molar-refractivity contribution in [1.82, 2.24) is 24.6 Å². The third kappa shape index (κ3) is 6.59. The van der Waals surface area contributed by atoms with Gasteiger partial charge in [-0.15, -0.1) is 0 Å². The van der Waals surface area contributed by atoms with Gasteiger partial charge in [0.2, 0.25) is 6.10 Å². The van der Waals surface area contributed by atoms with Crippen molar-refractivity contribution in [3.63, 3.8) is 0 Å². The maximum absolute atomic E-state index is 12.7. The number of carbonyl (C=O) groups excluding carboxylic acids is 1. The van der Waals surface area contributed by atoms with E-state index in [4.69, 9.17) is 33.3 Å². The maximum Gasteiger partial charge on any atom is 0.490 e. The highest BCUT2D eigenvalue weighted by atomic mass is 35.5. The monoisotopic (exact) mass is 656 g/mol. The van der Waals surface area contributed by atoms with Crippen LogP contribution in [0.2, 0.25) is 10.0 Å². The van der Waals surface area contributed by atoms with Gasteiger partial charge in [-0.2, -0.15) is 18.3 Å². The molecule has 1 N–H and O–H groups in total. The Morgan fingerprint density at radius 3 is 2.61 bits per heavy atom. The first kappa shape index (κ1) is 32.2. The highest BCUT2D eigenvalue weighted by Gasteiger charge is 2.45. The number of fused-ring (bicyclic) bond motifs is 1. The van der Waals surface area contributed by atoms with Crippen molar-refractivity contribution in [1.29, 1.82) is 0 Å². The zero-order valence-electron chi connectivity index (χ0n) is 24.4. The molecule has 0 saturated carbocycles. The van der Waals surface area contributed by atoms with E-state index in [1.807, 2.05) is 24.6 Å². The van der Waals surface area contributed by atoms with Gasteiger partial charge < -0.3 is 14.7 Å². The minimum Gasteiger partial charge on any atom is -0.479 e. The molecule has 2 aliphatic rings. The summed E-state index contributed by atoms with van der Waals surface area (Å²) in [5.74, 6) is -3.26. The molecular formula is C29H33Cl2F3N6O4. The van der Waals surface area contributed by atoms with Crippen LogP contribution in [-0.4, -0.2) is 85.7 Å². The Labute approximate surface area is 262 Å². The minimum atomic E-state index is -5.26. The van der Waals surface area contributed by atoms with E-state index in [-0.39, 0.29) is 30.5 Å². The van der Waals surface area contributed by atoms with Gasteiger partial charge in [-0.1, -0.05) is 36.2 Å². The second-order valence-electron chi connectivity index (χ2n) is 11.6. The number of benzene rings is 1. The molecule has 5 rings (SSSR count). The Kier molecular flexibility index (Phi) is 9.29. The van der Waals surface area contributed by atoms with Crippen LogP contribution < -0.4 is 4.90 Å². The summed E-state index contributed by atoms with van der Waals surface area (Å²) >= 11 is 12.6. The molecule has 3 unspecified atom stereocenters. The number of aromatic nitrogens is 4. The van der Waals surface area contributed by atoms with Crippen molar-refractivity contribution >= 4 is 52.1 Å². The number of carboxylic acids is 1. The highest BCUT2D eigenvalue weighted by Crippen LogP contribution is 2.35. The van der Waals surface area contributed by atoms with E-state index in [1.165, 1.54) is 0 Å². The molecule has 2 aliphatic heterocycles. The van der Waals surface area contributed by atoms with E-state index in [2.05, 4.69) is 26.4 Å². The van der Waals surface area contributed by atoms with E-state index in [1.54, 1.807) is 18.3 Å². The number of piperidine rings is 1. The first-order chi connectivity index (χ1) is 20.7. The summed E-state index contributed by atoms with van der Waals surface area (Å²) in [5.41, 5.74) is 2.90. The van der Waals surface area contributed by atoms with Gasteiger partial charge in [0, 0.05) is 41.6 Å². The Bertz CT molecular complexity index is 1550. The molecule has 2 aromatic heterocycles. The predicted molar refractivity (Wildman–Crippen MR) is 158 cm³/mol. The SMILES string of the molecule is Cc1nn([C@H](C)c2ccc(Cl)cc2Cl)c2nc(N3CCC(N4CCC[C@H]4CC(OC(=O)C(F)(F)F)C(=O)O)C(C)C3)cnc12. The average molecular weight is 658 g/mol. The van der Waals surface area contributed by atoms with Crippen LogP contribution in [0.5, 0.6) is 0 Å². The Hall–Kier alpha value is -3.16. The minimum absolute atomic E-state index is 0.0723. The number of alkyl halides is 3. The zero-order valence-corrected chi connectivity index (χ0v) is 25.9. The van der Waals surface area contributed by atoms with Gasteiger partial charge >= 0.3 is 18.1 Å². The smallest absolute Gasteiger partial charge is 0.479 e. The number of nitrogens with zero attached hydrogens (tertiary/aromatic N) is 6. The van der Waals surface area contributed by atoms with Crippen molar-refractivity contribution in [3.8, 4) is 0 Å². The van der Waals surface area contributed by atoms with Crippen LogP contribution in [0.25, 0.3) is 11.2 Å². The van der Waals surface area contributed by atoms with Crippen LogP contribution in [0, 0.1) is 12.8 Å². The summed E-state index contributed by atoms with van der Waals surface area (Å²) in [7, 11) is 0. The highest BCUT2D eigenvalue weighted by molar-refractivity contribution is 6.35. The number of aryl methyl sites for hydroxylation is 1. The van der Waals surface area contributed by atoms with Gasteiger partial charge in [-0.3, -0.25) is 4.90 Å². The summed E-state index contributed by atoms with van der Waals surface area (Å²) in [6.07, 6.45) is -3.48. The fourth-order valence-electron chi connectivity index (χ4n) is 6.46. The molecule has 2 fully saturated rings. The van der Waals surface area contributed by atoms with Crippen LogP contribution in [-0.2, 0) is 14.3 Å². The van der Waals surface area contributed by atoms with Gasteiger partial charge in [0.15, 0.2) is 5.65 Å². The number of rotatable bonds is 8. The van der Waals surface area contributed by atoms with E-state index in [9.17, 15) is 27.9 Å². The molecule has 5 atom stereocenters. The Morgan fingerprint density at radius 2 is 1.95 bits per heavy atom. The third-order valence-corrected chi connectivity index (χ3v) is 9.18. The summed E-state index contributed by atoms with van der Waals surface area (Å²) < 4.78 is 44.3. The van der Waals surface area contributed by atoms with Crippen molar-refractivity contribution in [2.24, 2.45) is 5.92 Å². The molecule has 15 heteroatoms. The van der Waals surface area contributed by atoms with E-state index >= 15 is 0 Å². The molecule has 238 valence electrons. The summed E-state index contributed by atoms with van der Waals surface area (Å²) in [5, 5.41) is 15.3. The van der Waals surface area contributed by atoms with Crippen LogP contribution in [0.3, 0.4) is 0 Å². The molecule has 3 aromatic rings. The van der Waals surface area contributed by atoms with Crippen LogP contribution in [0.15, 0.2) is 24.4 Å².